The van der Waals surface area contributed by atoms with Crippen LogP contribution in [-0.4, -0.2) is 42.7 Å². The minimum absolute atomic E-state index is 1.16. The first-order valence-electron chi connectivity index (χ1n) is 6.00. The predicted molar refractivity (Wildman–Crippen MR) is 73.2 cm³/mol. The van der Waals surface area contributed by atoms with Crippen LogP contribution in [0.2, 0.25) is 0 Å². The lowest BCUT2D eigenvalue weighted by Crippen LogP contribution is -2.46. The van der Waals surface area contributed by atoms with Crippen molar-refractivity contribution in [1.29, 1.82) is 0 Å². The van der Waals surface area contributed by atoms with Gasteiger partial charge in [-0.05, 0) is 17.9 Å². The molecule has 2 nitrogen and oxygen atoms in total. The van der Waals surface area contributed by atoms with E-state index >= 15 is 0 Å². The normalized spacial score (nSPS) is 17.7. The van der Waals surface area contributed by atoms with Gasteiger partial charge in [0.2, 0.25) is 0 Å². The van der Waals surface area contributed by atoms with Crippen LogP contribution in [0.3, 0.4) is 0 Å². The molecule has 0 atom stereocenters. The molecule has 1 aliphatic rings. The molecule has 88 valence electrons. The van der Waals surface area contributed by atoms with Crippen LogP contribution >= 0.6 is 11.8 Å². The molecule has 1 aromatic carbocycles. The summed E-state index contributed by atoms with van der Waals surface area (Å²) in [5, 5.41) is 0. The molecular weight excluding hydrogens is 216 g/mol. The number of rotatable bonds is 4. The lowest BCUT2D eigenvalue weighted by molar-refractivity contribution is 0.301. The van der Waals surface area contributed by atoms with Gasteiger partial charge in [0.25, 0.3) is 0 Å². The van der Waals surface area contributed by atoms with Crippen molar-refractivity contribution in [1.82, 2.24) is 4.90 Å². The summed E-state index contributed by atoms with van der Waals surface area (Å²) in [7, 11) is 0. The molecule has 1 saturated heterocycles. The monoisotopic (exact) mass is 236 g/mol. The fourth-order valence-corrected chi connectivity index (χ4v) is 2.69. The lowest BCUT2D eigenvalue weighted by atomic mass is 10.2. The van der Waals surface area contributed by atoms with Crippen LogP contribution < -0.4 is 4.90 Å². The number of anilines is 1. The molecule has 2 rings (SSSR count). The van der Waals surface area contributed by atoms with Crippen LogP contribution in [0.5, 0.6) is 0 Å². The average Bonchev–Trinajstić information content (AvgIpc) is 2.38. The van der Waals surface area contributed by atoms with Gasteiger partial charge in [0.15, 0.2) is 0 Å². The second-order valence-corrected chi connectivity index (χ2v) is 5.31. The Morgan fingerprint density at radius 2 is 1.75 bits per heavy atom. The quantitative estimate of drug-likeness (QED) is 0.793. The molecule has 0 amide bonds. The Labute approximate surface area is 103 Å². The molecule has 0 radical (unpaired) electrons. The van der Waals surface area contributed by atoms with Gasteiger partial charge in [-0.1, -0.05) is 25.1 Å². The second-order valence-electron chi connectivity index (χ2n) is 4.06. The maximum Gasteiger partial charge on any atom is 0.0445 e. The van der Waals surface area contributed by atoms with Crippen molar-refractivity contribution < 1.29 is 0 Å². The molecular formula is C13H20N2S. The molecule has 1 heterocycles. The third-order valence-corrected chi connectivity index (χ3v) is 3.93. The summed E-state index contributed by atoms with van der Waals surface area (Å²) >= 11 is 2.02. The van der Waals surface area contributed by atoms with E-state index in [4.69, 9.17) is 0 Å². The summed E-state index contributed by atoms with van der Waals surface area (Å²) in [6.45, 7) is 6.94. The maximum atomic E-state index is 2.55. The van der Waals surface area contributed by atoms with Crippen molar-refractivity contribution in [2.75, 3.05) is 42.7 Å². The van der Waals surface area contributed by atoms with Gasteiger partial charge in [0.05, 0.1) is 0 Å². The molecule has 1 aliphatic heterocycles. The topological polar surface area (TPSA) is 6.48 Å². The van der Waals surface area contributed by atoms with E-state index in [-0.39, 0.29) is 0 Å². The van der Waals surface area contributed by atoms with Crippen molar-refractivity contribution in [2.45, 2.75) is 6.92 Å². The van der Waals surface area contributed by atoms with Crippen LogP contribution in [0, 0.1) is 0 Å². The van der Waals surface area contributed by atoms with Crippen molar-refractivity contribution in [3.63, 3.8) is 0 Å². The summed E-state index contributed by atoms with van der Waals surface area (Å²) in [4.78, 5) is 5.03. The summed E-state index contributed by atoms with van der Waals surface area (Å²) in [6.07, 6.45) is 0. The highest BCUT2D eigenvalue weighted by atomic mass is 32.2. The van der Waals surface area contributed by atoms with Crippen LogP contribution in [-0.2, 0) is 0 Å². The SMILES string of the molecule is CCSCN1CCN(c2ccccc2)CC1. The molecule has 1 fully saturated rings. The Morgan fingerprint density at radius 3 is 2.38 bits per heavy atom. The average molecular weight is 236 g/mol. The van der Waals surface area contributed by atoms with Crippen LogP contribution in [0.4, 0.5) is 5.69 Å². The fourth-order valence-electron chi connectivity index (χ4n) is 1.99. The molecule has 1 aromatic rings. The third kappa shape index (κ3) is 3.16. The van der Waals surface area contributed by atoms with E-state index in [9.17, 15) is 0 Å². The highest BCUT2D eigenvalue weighted by Gasteiger charge is 2.16. The van der Waals surface area contributed by atoms with Gasteiger partial charge in [-0.25, -0.2) is 0 Å². The summed E-state index contributed by atoms with van der Waals surface area (Å²) < 4.78 is 0. The zero-order valence-corrected chi connectivity index (χ0v) is 10.7. The van der Waals surface area contributed by atoms with Crippen molar-refractivity contribution in [2.24, 2.45) is 0 Å². The van der Waals surface area contributed by atoms with E-state index in [1.165, 1.54) is 30.4 Å². The zero-order chi connectivity index (χ0) is 11.2. The zero-order valence-electron chi connectivity index (χ0n) is 9.93. The highest BCUT2D eigenvalue weighted by Crippen LogP contribution is 2.16. The largest absolute Gasteiger partial charge is 0.369 e. The minimum atomic E-state index is 1.16. The first-order valence-corrected chi connectivity index (χ1v) is 7.15. The summed E-state index contributed by atoms with van der Waals surface area (Å²) in [5.74, 6) is 2.41. The van der Waals surface area contributed by atoms with Crippen molar-refractivity contribution >= 4 is 17.4 Å². The van der Waals surface area contributed by atoms with Crippen LogP contribution in [0.1, 0.15) is 6.92 Å². The molecule has 0 aliphatic carbocycles. The fraction of sp³-hybridized carbons (Fsp3) is 0.538. The van der Waals surface area contributed by atoms with E-state index in [2.05, 4.69) is 47.1 Å². The van der Waals surface area contributed by atoms with Gasteiger partial charge in [-0.3, -0.25) is 4.90 Å². The van der Waals surface area contributed by atoms with E-state index in [1.807, 2.05) is 11.8 Å². The van der Waals surface area contributed by atoms with E-state index in [0.717, 1.165) is 13.1 Å². The van der Waals surface area contributed by atoms with Gasteiger partial charge in [0.1, 0.15) is 0 Å². The number of benzene rings is 1. The second kappa shape index (κ2) is 6.16. The maximum absolute atomic E-state index is 2.55. The smallest absolute Gasteiger partial charge is 0.0445 e. The Morgan fingerprint density at radius 1 is 1.06 bits per heavy atom. The first-order chi connectivity index (χ1) is 7.90. The van der Waals surface area contributed by atoms with Gasteiger partial charge < -0.3 is 4.90 Å². The number of para-hydroxylation sites is 1. The highest BCUT2D eigenvalue weighted by molar-refractivity contribution is 7.99. The molecule has 0 aromatic heterocycles. The lowest BCUT2D eigenvalue weighted by Gasteiger charge is -2.35. The van der Waals surface area contributed by atoms with Crippen LogP contribution in [0.15, 0.2) is 30.3 Å². The Kier molecular flexibility index (Phi) is 4.55. The van der Waals surface area contributed by atoms with E-state index in [1.54, 1.807) is 0 Å². The number of thioether (sulfide) groups is 1. The van der Waals surface area contributed by atoms with Crippen molar-refractivity contribution in [3.05, 3.63) is 30.3 Å². The molecule has 3 heteroatoms. The van der Waals surface area contributed by atoms with Gasteiger partial charge in [0, 0.05) is 37.7 Å². The summed E-state index contributed by atoms with van der Waals surface area (Å²) in [5.41, 5.74) is 1.37. The molecule has 0 unspecified atom stereocenters. The number of hydrogen-bond donors (Lipinski definition) is 0. The van der Waals surface area contributed by atoms with Gasteiger partial charge in [-0.15, -0.1) is 11.8 Å². The number of hydrogen-bond acceptors (Lipinski definition) is 3. The van der Waals surface area contributed by atoms with Crippen LogP contribution in [0.25, 0.3) is 0 Å². The number of piperazine rings is 1. The first kappa shape index (κ1) is 11.8. The Bertz CT molecular complexity index is 294. The van der Waals surface area contributed by atoms with Gasteiger partial charge in [-0.2, -0.15) is 0 Å². The number of nitrogens with zero attached hydrogens (tertiary/aromatic N) is 2. The Balaban J connectivity index is 1.81. The van der Waals surface area contributed by atoms with E-state index in [0.29, 0.717) is 0 Å². The summed E-state index contributed by atoms with van der Waals surface area (Å²) in [6, 6.07) is 10.7. The molecule has 0 saturated carbocycles. The molecule has 0 bridgehead atoms. The van der Waals surface area contributed by atoms with Crippen molar-refractivity contribution in [3.8, 4) is 0 Å². The predicted octanol–water partition coefficient (Wildman–Crippen LogP) is 2.52. The molecule has 0 spiro atoms. The third-order valence-electron chi connectivity index (χ3n) is 2.97. The van der Waals surface area contributed by atoms with Gasteiger partial charge >= 0.3 is 0 Å². The molecule has 0 N–H and O–H groups in total. The standard InChI is InChI=1S/C13H20N2S/c1-2-16-12-14-8-10-15(11-9-14)13-6-4-3-5-7-13/h3-7H,2,8-12H2,1H3. The molecule has 16 heavy (non-hydrogen) atoms. The Hall–Kier alpha value is -0.670. The minimum Gasteiger partial charge on any atom is -0.369 e. The van der Waals surface area contributed by atoms with E-state index < -0.39 is 0 Å².